The summed E-state index contributed by atoms with van der Waals surface area (Å²) in [6.45, 7) is 3.03. The lowest BCUT2D eigenvalue weighted by molar-refractivity contribution is 0.475. The van der Waals surface area contributed by atoms with Gasteiger partial charge in [0.1, 0.15) is 5.82 Å². The van der Waals surface area contributed by atoms with Gasteiger partial charge in [-0.2, -0.15) is 4.31 Å². The molecule has 7 heteroatoms. The highest BCUT2D eigenvalue weighted by molar-refractivity contribution is 9.09. The van der Waals surface area contributed by atoms with Crippen LogP contribution in [-0.2, 0) is 16.4 Å². The van der Waals surface area contributed by atoms with Crippen LogP contribution in [0.5, 0.6) is 0 Å². The lowest BCUT2D eigenvalue weighted by atomic mass is 10.4. The fourth-order valence-electron chi connectivity index (χ4n) is 1.70. The molecule has 0 saturated carbocycles. The lowest BCUT2D eigenvalue weighted by Gasteiger charge is -2.13. The van der Waals surface area contributed by atoms with Crippen molar-refractivity contribution in [3.63, 3.8) is 0 Å². The molecule has 0 bridgehead atoms. The Morgan fingerprint density at radius 2 is 2.44 bits per heavy atom. The minimum Gasteiger partial charge on any atom is -0.332 e. The lowest BCUT2D eigenvalue weighted by Crippen LogP contribution is -2.29. The van der Waals surface area contributed by atoms with Crippen LogP contribution in [0.3, 0.4) is 0 Å². The fraction of sp³-hybridized carbons (Fsp3) is 0.667. The van der Waals surface area contributed by atoms with Crippen LogP contribution in [0.25, 0.3) is 0 Å². The molecule has 0 radical (unpaired) electrons. The smallest absolute Gasteiger partial charge is 0.260 e. The number of imidazole rings is 1. The van der Waals surface area contributed by atoms with E-state index >= 15 is 0 Å². The van der Waals surface area contributed by atoms with E-state index in [0.29, 0.717) is 25.3 Å². The third-order valence-electron chi connectivity index (χ3n) is 2.65. The minimum absolute atomic E-state index is 0.200. The summed E-state index contributed by atoms with van der Waals surface area (Å²) in [4.78, 5) is 7.12. The molecule has 2 rings (SSSR count). The molecule has 0 aromatic carbocycles. The Morgan fingerprint density at radius 1 is 1.69 bits per heavy atom. The molecule has 1 atom stereocenters. The van der Waals surface area contributed by atoms with E-state index in [1.54, 1.807) is 0 Å². The van der Waals surface area contributed by atoms with Crippen molar-refractivity contribution in [1.29, 1.82) is 0 Å². The Labute approximate surface area is 103 Å². The van der Waals surface area contributed by atoms with Crippen molar-refractivity contribution in [2.75, 3.05) is 13.1 Å². The van der Waals surface area contributed by atoms with Gasteiger partial charge < -0.3 is 4.98 Å². The van der Waals surface area contributed by atoms with E-state index in [0.717, 1.165) is 6.42 Å². The van der Waals surface area contributed by atoms with Crippen LogP contribution in [0, 0.1) is 0 Å². The summed E-state index contributed by atoms with van der Waals surface area (Å²) in [5, 5.41) is 0.200. The molecule has 2 heterocycles. The second-order valence-corrected chi connectivity index (χ2v) is 7.00. The van der Waals surface area contributed by atoms with Crippen molar-refractivity contribution in [1.82, 2.24) is 14.3 Å². The predicted molar refractivity (Wildman–Crippen MR) is 64.1 cm³/mol. The average molecular weight is 308 g/mol. The highest BCUT2D eigenvalue weighted by Crippen LogP contribution is 2.23. The van der Waals surface area contributed by atoms with Gasteiger partial charge in [0.25, 0.3) is 10.0 Å². The number of hydrogen-bond donors (Lipinski definition) is 1. The highest BCUT2D eigenvalue weighted by Gasteiger charge is 2.32. The Bertz CT molecular complexity index is 471. The third-order valence-corrected chi connectivity index (χ3v) is 5.17. The molecule has 0 spiro atoms. The molecule has 1 aromatic heterocycles. The van der Waals surface area contributed by atoms with Crippen LogP contribution < -0.4 is 0 Å². The first-order valence-corrected chi connectivity index (χ1v) is 7.57. The molecule has 1 unspecified atom stereocenters. The summed E-state index contributed by atoms with van der Waals surface area (Å²) < 4.78 is 25.8. The Balaban J connectivity index is 2.25. The van der Waals surface area contributed by atoms with Crippen molar-refractivity contribution in [3.8, 4) is 0 Å². The van der Waals surface area contributed by atoms with Gasteiger partial charge in [0.15, 0.2) is 5.03 Å². The minimum atomic E-state index is -3.38. The van der Waals surface area contributed by atoms with Crippen molar-refractivity contribution in [3.05, 3.63) is 12.0 Å². The molecule has 1 aliphatic heterocycles. The summed E-state index contributed by atoms with van der Waals surface area (Å²) in [5.74, 6) is 0.702. The average Bonchev–Trinajstić information content (AvgIpc) is 2.85. The summed E-state index contributed by atoms with van der Waals surface area (Å²) in [6.07, 6.45) is 2.96. The zero-order valence-electron chi connectivity index (χ0n) is 8.98. The molecule has 5 nitrogen and oxygen atoms in total. The van der Waals surface area contributed by atoms with Crippen LogP contribution in [0.1, 0.15) is 19.2 Å². The van der Waals surface area contributed by atoms with Crippen LogP contribution in [-0.4, -0.2) is 40.6 Å². The molecule has 1 N–H and O–H groups in total. The molecular weight excluding hydrogens is 294 g/mol. The topological polar surface area (TPSA) is 66.1 Å². The van der Waals surface area contributed by atoms with Gasteiger partial charge in [-0.1, -0.05) is 22.9 Å². The quantitative estimate of drug-likeness (QED) is 0.851. The molecule has 0 amide bonds. The number of nitrogens with zero attached hydrogens (tertiary/aromatic N) is 2. The first-order chi connectivity index (χ1) is 7.54. The molecule has 1 saturated heterocycles. The van der Waals surface area contributed by atoms with Gasteiger partial charge in [-0.3, -0.25) is 0 Å². The Hall–Kier alpha value is -0.400. The maximum Gasteiger partial charge on any atom is 0.260 e. The number of aromatic nitrogens is 2. The predicted octanol–water partition coefficient (Wildman–Crippen LogP) is 1.13. The van der Waals surface area contributed by atoms with Crippen LogP contribution in [0.15, 0.2) is 11.2 Å². The van der Waals surface area contributed by atoms with Crippen LogP contribution >= 0.6 is 15.9 Å². The van der Waals surface area contributed by atoms with Crippen molar-refractivity contribution < 1.29 is 8.42 Å². The first kappa shape index (κ1) is 12.1. The normalized spacial score (nSPS) is 22.8. The number of rotatable bonds is 3. The number of halogens is 1. The standard InChI is InChI=1S/C9H14BrN3O2S/c1-2-8-11-5-9(12-8)16(14,15)13-4-3-7(10)6-13/h5,7H,2-4,6H2,1H3,(H,11,12). The molecule has 1 aromatic rings. The zero-order valence-corrected chi connectivity index (χ0v) is 11.4. The van der Waals surface area contributed by atoms with Gasteiger partial charge in [0.2, 0.25) is 0 Å². The summed E-state index contributed by atoms with van der Waals surface area (Å²) >= 11 is 3.43. The summed E-state index contributed by atoms with van der Waals surface area (Å²) in [7, 11) is -3.38. The number of aryl methyl sites for hydroxylation is 1. The SMILES string of the molecule is CCc1ncc(S(=O)(=O)N2CCC(Br)C2)[nH]1. The van der Waals surface area contributed by atoms with E-state index in [4.69, 9.17) is 0 Å². The van der Waals surface area contributed by atoms with E-state index < -0.39 is 10.0 Å². The molecule has 0 aliphatic carbocycles. The highest BCUT2D eigenvalue weighted by atomic mass is 79.9. The number of hydrogen-bond acceptors (Lipinski definition) is 3. The fourth-order valence-corrected chi connectivity index (χ4v) is 3.88. The van der Waals surface area contributed by atoms with Crippen LogP contribution in [0.4, 0.5) is 0 Å². The number of H-pyrrole nitrogens is 1. The van der Waals surface area contributed by atoms with Gasteiger partial charge in [0.05, 0.1) is 6.20 Å². The van der Waals surface area contributed by atoms with Crippen LogP contribution in [0.2, 0.25) is 0 Å². The number of alkyl halides is 1. The van der Waals surface area contributed by atoms with Gasteiger partial charge in [-0.25, -0.2) is 13.4 Å². The summed E-state index contributed by atoms with van der Waals surface area (Å²) in [5.41, 5.74) is 0. The molecule has 16 heavy (non-hydrogen) atoms. The van der Waals surface area contributed by atoms with Crippen molar-refractivity contribution >= 4 is 26.0 Å². The van der Waals surface area contributed by atoms with Gasteiger partial charge in [-0.15, -0.1) is 0 Å². The molecular formula is C9H14BrN3O2S. The third kappa shape index (κ3) is 2.16. The Morgan fingerprint density at radius 3 is 2.94 bits per heavy atom. The van der Waals surface area contributed by atoms with E-state index in [9.17, 15) is 8.42 Å². The number of nitrogens with one attached hydrogen (secondary N) is 1. The molecule has 1 fully saturated rings. The van der Waals surface area contributed by atoms with E-state index in [1.165, 1.54) is 10.5 Å². The maximum absolute atomic E-state index is 12.1. The van der Waals surface area contributed by atoms with Gasteiger partial charge in [-0.05, 0) is 6.42 Å². The van der Waals surface area contributed by atoms with E-state index in [-0.39, 0.29) is 9.85 Å². The van der Waals surface area contributed by atoms with E-state index in [2.05, 4.69) is 25.9 Å². The number of sulfonamides is 1. The summed E-state index contributed by atoms with van der Waals surface area (Å²) in [6, 6.07) is 0. The largest absolute Gasteiger partial charge is 0.332 e. The Kier molecular flexibility index (Phi) is 3.37. The maximum atomic E-state index is 12.1. The number of aromatic amines is 1. The molecule has 1 aliphatic rings. The zero-order chi connectivity index (χ0) is 11.8. The monoisotopic (exact) mass is 307 g/mol. The van der Waals surface area contributed by atoms with Crippen molar-refractivity contribution in [2.24, 2.45) is 0 Å². The second kappa shape index (κ2) is 4.46. The van der Waals surface area contributed by atoms with E-state index in [1.807, 2.05) is 6.92 Å². The second-order valence-electron chi connectivity index (χ2n) is 3.80. The van der Waals surface area contributed by atoms with Crippen molar-refractivity contribution in [2.45, 2.75) is 29.6 Å². The van der Waals surface area contributed by atoms with Gasteiger partial charge >= 0.3 is 0 Å². The van der Waals surface area contributed by atoms with Gasteiger partial charge in [0, 0.05) is 24.3 Å². The molecule has 90 valence electrons. The first-order valence-electron chi connectivity index (χ1n) is 5.22.